The third kappa shape index (κ3) is 4.08. The van der Waals surface area contributed by atoms with Crippen LogP contribution >= 0.6 is 0 Å². The zero-order chi connectivity index (χ0) is 22.0. The van der Waals surface area contributed by atoms with Crippen LogP contribution in [0.4, 0.5) is 0 Å². The molecule has 0 radical (unpaired) electrons. The Morgan fingerprint density at radius 3 is 2.16 bits per heavy atom. The molecule has 0 bridgehead atoms. The van der Waals surface area contributed by atoms with Gasteiger partial charge in [0.15, 0.2) is 5.79 Å². The highest BCUT2D eigenvalue weighted by molar-refractivity contribution is 7.87. The van der Waals surface area contributed by atoms with E-state index >= 15 is 0 Å². The van der Waals surface area contributed by atoms with Crippen molar-refractivity contribution < 1.29 is 17.3 Å². The second-order valence-corrected chi connectivity index (χ2v) is 11.1. The number of fused-ring (bicyclic) bond motifs is 1. The first-order valence-corrected chi connectivity index (χ1v) is 13.1. The molecule has 3 atom stereocenters. The average Bonchev–Trinajstić information content (AvgIpc) is 3.28. The van der Waals surface area contributed by atoms with Gasteiger partial charge in [0.05, 0.1) is 11.9 Å². The fourth-order valence-electron chi connectivity index (χ4n) is 5.69. The predicted octanol–water partition coefficient (Wildman–Crippen LogP) is 6.03. The molecule has 31 heavy (non-hydrogen) atoms. The van der Waals surface area contributed by atoms with E-state index in [0.717, 1.165) is 32.1 Å². The fourth-order valence-corrected chi connectivity index (χ4v) is 6.98. The van der Waals surface area contributed by atoms with E-state index in [0.29, 0.717) is 19.4 Å². The molecule has 1 aliphatic carbocycles. The van der Waals surface area contributed by atoms with Crippen LogP contribution in [0.25, 0.3) is 0 Å². The first kappa shape index (κ1) is 22.5. The van der Waals surface area contributed by atoms with Gasteiger partial charge in [0, 0.05) is 17.8 Å². The van der Waals surface area contributed by atoms with Gasteiger partial charge in [0.25, 0.3) is 10.1 Å². The normalized spacial score (nSPS) is 26.8. The lowest BCUT2D eigenvalue weighted by molar-refractivity contribution is -0.192. The quantitative estimate of drug-likeness (QED) is 0.445. The van der Waals surface area contributed by atoms with E-state index in [9.17, 15) is 8.42 Å². The molecule has 0 amide bonds. The number of unbranched alkanes of at least 4 members (excludes halogenated alkanes) is 1. The van der Waals surface area contributed by atoms with Gasteiger partial charge in [0.1, 0.15) is 0 Å². The summed E-state index contributed by atoms with van der Waals surface area (Å²) in [6, 6.07) is 20.8. The molecule has 1 saturated heterocycles. The number of ether oxygens (including phenoxy) is 1. The van der Waals surface area contributed by atoms with Crippen molar-refractivity contribution in [3.05, 3.63) is 71.8 Å². The Bertz CT molecular complexity index is 906. The van der Waals surface area contributed by atoms with Crippen LogP contribution in [0, 0.1) is 5.41 Å². The van der Waals surface area contributed by atoms with Crippen LogP contribution in [-0.4, -0.2) is 26.1 Å². The molecule has 4 rings (SSSR count). The van der Waals surface area contributed by atoms with Gasteiger partial charge in [-0.3, -0.25) is 0 Å². The van der Waals surface area contributed by atoms with Crippen LogP contribution in [0.1, 0.15) is 75.8 Å². The van der Waals surface area contributed by atoms with Crippen molar-refractivity contribution in [2.45, 2.75) is 75.7 Å². The third-order valence-corrected chi connectivity index (χ3v) is 9.02. The highest BCUT2D eigenvalue weighted by Gasteiger charge is 2.66. The topological polar surface area (TPSA) is 52.6 Å². The van der Waals surface area contributed by atoms with Gasteiger partial charge in [-0.1, -0.05) is 80.4 Å². The van der Waals surface area contributed by atoms with Crippen molar-refractivity contribution in [2.75, 3.05) is 6.61 Å². The molecule has 1 heterocycles. The summed E-state index contributed by atoms with van der Waals surface area (Å²) in [5.41, 5.74) is 1.96. The first-order chi connectivity index (χ1) is 14.9. The molecule has 1 saturated carbocycles. The Kier molecular flexibility index (Phi) is 6.57. The molecule has 1 aliphatic heterocycles. The van der Waals surface area contributed by atoms with Crippen molar-refractivity contribution in [2.24, 2.45) is 5.41 Å². The minimum absolute atomic E-state index is 0.0149. The summed E-state index contributed by atoms with van der Waals surface area (Å²) in [4.78, 5) is 0. The van der Waals surface area contributed by atoms with E-state index in [1.807, 2.05) is 12.1 Å². The molecule has 3 unspecified atom stereocenters. The van der Waals surface area contributed by atoms with Gasteiger partial charge in [-0.15, -0.1) is 0 Å². The van der Waals surface area contributed by atoms with E-state index in [1.54, 1.807) is 6.92 Å². The molecule has 0 aromatic heterocycles. The van der Waals surface area contributed by atoms with Crippen molar-refractivity contribution in [1.29, 1.82) is 0 Å². The van der Waals surface area contributed by atoms with E-state index in [1.165, 1.54) is 11.1 Å². The smallest absolute Gasteiger partial charge is 0.272 e. The van der Waals surface area contributed by atoms with Crippen LogP contribution in [0.5, 0.6) is 0 Å². The lowest BCUT2D eigenvalue weighted by atomic mass is 9.64. The van der Waals surface area contributed by atoms with Crippen molar-refractivity contribution in [1.82, 2.24) is 0 Å². The maximum atomic E-state index is 13.3. The minimum atomic E-state index is -3.74. The van der Waals surface area contributed by atoms with Gasteiger partial charge >= 0.3 is 0 Å². The summed E-state index contributed by atoms with van der Waals surface area (Å²) in [5, 5.41) is -0.531. The number of benzene rings is 2. The summed E-state index contributed by atoms with van der Waals surface area (Å²) >= 11 is 0. The summed E-state index contributed by atoms with van der Waals surface area (Å²) in [6.45, 7) is 4.36. The number of rotatable bonds is 9. The van der Waals surface area contributed by atoms with Crippen LogP contribution in [0.2, 0.25) is 0 Å². The molecular formula is C26H34O4S. The molecule has 4 nitrogen and oxygen atoms in total. The van der Waals surface area contributed by atoms with Crippen LogP contribution in [0.3, 0.4) is 0 Å². The first-order valence-electron chi connectivity index (χ1n) is 11.6. The molecule has 168 valence electrons. The standard InChI is InChI=1S/C26H34O4S/c1-3-4-12-21(2)31(27,28)30-26-18-11-17-25(26,19-20-29-26)24(22-13-7-5-8-14-22)23-15-9-6-10-16-23/h5-10,13-16,21,24H,3-4,11-12,17-20H2,1-2H3. The Labute approximate surface area is 187 Å². The summed E-state index contributed by atoms with van der Waals surface area (Å²) < 4.78 is 39.0. The van der Waals surface area contributed by atoms with E-state index < -0.39 is 26.6 Å². The van der Waals surface area contributed by atoms with E-state index in [-0.39, 0.29) is 5.92 Å². The molecule has 0 N–H and O–H groups in total. The Morgan fingerprint density at radius 2 is 1.58 bits per heavy atom. The molecular weight excluding hydrogens is 408 g/mol. The van der Waals surface area contributed by atoms with Crippen molar-refractivity contribution in [3.63, 3.8) is 0 Å². The summed E-state index contributed by atoms with van der Waals surface area (Å²) in [7, 11) is -3.74. The largest absolute Gasteiger partial charge is 0.348 e. The maximum absolute atomic E-state index is 13.3. The zero-order valence-corrected chi connectivity index (χ0v) is 19.4. The SMILES string of the molecule is CCCCC(C)S(=O)(=O)OC12CCCC1(C(c1ccccc1)c1ccccc1)CCO2. The highest BCUT2D eigenvalue weighted by atomic mass is 32.2. The van der Waals surface area contributed by atoms with E-state index in [4.69, 9.17) is 8.92 Å². The molecule has 2 fully saturated rings. The molecule has 2 aliphatic rings. The van der Waals surface area contributed by atoms with Gasteiger partial charge in [0.2, 0.25) is 0 Å². The highest BCUT2D eigenvalue weighted by Crippen LogP contribution is 2.64. The maximum Gasteiger partial charge on any atom is 0.272 e. The Balaban J connectivity index is 1.77. The van der Waals surface area contributed by atoms with Crippen LogP contribution in [0.15, 0.2) is 60.7 Å². The van der Waals surface area contributed by atoms with Crippen LogP contribution in [-0.2, 0) is 19.0 Å². The predicted molar refractivity (Wildman–Crippen MR) is 123 cm³/mol. The molecule has 2 aromatic carbocycles. The lowest BCUT2D eigenvalue weighted by Gasteiger charge is -2.44. The Hall–Kier alpha value is -1.69. The van der Waals surface area contributed by atoms with E-state index in [2.05, 4.69) is 55.5 Å². The van der Waals surface area contributed by atoms with Gasteiger partial charge in [-0.2, -0.15) is 8.42 Å². The van der Waals surface area contributed by atoms with Gasteiger partial charge in [-0.25, -0.2) is 4.18 Å². The summed E-state index contributed by atoms with van der Waals surface area (Å²) in [5.74, 6) is -1.08. The summed E-state index contributed by atoms with van der Waals surface area (Å²) in [6.07, 6.45) is 5.65. The monoisotopic (exact) mass is 442 g/mol. The lowest BCUT2D eigenvalue weighted by Crippen LogP contribution is -2.49. The van der Waals surface area contributed by atoms with Crippen molar-refractivity contribution >= 4 is 10.1 Å². The third-order valence-electron chi connectivity index (χ3n) is 7.30. The number of hydrogen-bond donors (Lipinski definition) is 0. The van der Waals surface area contributed by atoms with Crippen molar-refractivity contribution in [3.8, 4) is 0 Å². The Morgan fingerprint density at radius 1 is 0.968 bits per heavy atom. The zero-order valence-electron chi connectivity index (χ0n) is 18.6. The van der Waals surface area contributed by atoms with Crippen LogP contribution < -0.4 is 0 Å². The minimum Gasteiger partial charge on any atom is -0.348 e. The molecule has 2 aromatic rings. The second-order valence-electron chi connectivity index (χ2n) is 9.14. The molecule has 0 spiro atoms. The number of hydrogen-bond acceptors (Lipinski definition) is 4. The van der Waals surface area contributed by atoms with Gasteiger partial charge < -0.3 is 4.74 Å². The average molecular weight is 443 g/mol. The fraction of sp³-hybridized carbons (Fsp3) is 0.538. The second kappa shape index (κ2) is 9.05. The molecule has 5 heteroatoms. The van der Waals surface area contributed by atoms with Gasteiger partial charge in [-0.05, 0) is 43.7 Å².